The standard InChI is InChI=1S/C16H20N4O/c1-2-12(11-17-7-1)10-15-18-16(21-19-15)13-5-8-20(9-6-13)14-3-4-14/h1-2,7,11,13-14H,3-6,8-10H2. The van der Waals surface area contributed by atoms with Crippen molar-refractivity contribution >= 4 is 0 Å². The fourth-order valence-electron chi connectivity index (χ4n) is 3.14. The summed E-state index contributed by atoms with van der Waals surface area (Å²) in [6.07, 6.45) is 9.39. The second-order valence-corrected chi connectivity index (χ2v) is 6.13. The molecule has 2 aliphatic rings. The molecular formula is C16H20N4O. The van der Waals surface area contributed by atoms with E-state index in [2.05, 4.69) is 20.0 Å². The molecule has 21 heavy (non-hydrogen) atoms. The maximum atomic E-state index is 5.49. The molecule has 0 bridgehead atoms. The Hall–Kier alpha value is -1.75. The summed E-state index contributed by atoms with van der Waals surface area (Å²) < 4.78 is 5.49. The number of rotatable bonds is 4. The van der Waals surface area contributed by atoms with Gasteiger partial charge in [0.05, 0.1) is 0 Å². The predicted octanol–water partition coefficient (Wildman–Crippen LogP) is 2.40. The van der Waals surface area contributed by atoms with Gasteiger partial charge < -0.3 is 9.42 Å². The molecule has 0 atom stereocenters. The van der Waals surface area contributed by atoms with Crippen LogP contribution >= 0.6 is 0 Å². The fourth-order valence-corrected chi connectivity index (χ4v) is 3.14. The zero-order valence-electron chi connectivity index (χ0n) is 12.1. The molecule has 2 fully saturated rings. The average molecular weight is 284 g/mol. The Kier molecular flexibility index (Phi) is 3.43. The van der Waals surface area contributed by atoms with Gasteiger partial charge in [0.25, 0.3) is 0 Å². The third kappa shape index (κ3) is 2.97. The van der Waals surface area contributed by atoms with Crippen LogP contribution in [0.3, 0.4) is 0 Å². The molecule has 4 rings (SSSR count). The molecule has 1 aliphatic heterocycles. The highest BCUT2D eigenvalue weighted by Gasteiger charge is 2.33. The molecule has 0 N–H and O–H groups in total. The minimum Gasteiger partial charge on any atom is -0.339 e. The van der Waals surface area contributed by atoms with Crippen LogP contribution in [0.15, 0.2) is 29.0 Å². The minimum atomic E-state index is 0.440. The van der Waals surface area contributed by atoms with Gasteiger partial charge in [-0.1, -0.05) is 11.2 Å². The normalized spacial score (nSPS) is 20.8. The first kappa shape index (κ1) is 13.0. The summed E-state index contributed by atoms with van der Waals surface area (Å²) >= 11 is 0. The summed E-state index contributed by atoms with van der Waals surface area (Å²) in [7, 11) is 0. The van der Waals surface area contributed by atoms with E-state index >= 15 is 0 Å². The summed E-state index contributed by atoms with van der Waals surface area (Å²) in [6, 6.07) is 4.84. The van der Waals surface area contributed by atoms with Gasteiger partial charge in [-0.05, 0) is 50.4 Å². The molecule has 0 radical (unpaired) electrons. The highest BCUT2D eigenvalue weighted by atomic mass is 16.5. The van der Waals surface area contributed by atoms with Crippen LogP contribution in [0, 0.1) is 0 Å². The molecule has 2 aromatic rings. The summed E-state index contributed by atoms with van der Waals surface area (Å²) in [5, 5.41) is 4.13. The van der Waals surface area contributed by atoms with Crippen molar-refractivity contribution in [1.82, 2.24) is 20.0 Å². The number of nitrogens with zero attached hydrogens (tertiary/aromatic N) is 4. The van der Waals surface area contributed by atoms with E-state index < -0.39 is 0 Å². The Bertz CT molecular complexity index is 585. The van der Waals surface area contributed by atoms with Gasteiger partial charge in [-0.2, -0.15) is 4.98 Å². The van der Waals surface area contributed by atoms with Crippen molar-refractivity contribution < 1.29 is 4.52 Å². The maximum Gasteiger partial charge on any atom is 0.229 e. The molecule has 1 aliphatic carbocycles. The highest BCUT2D eigenvalue weighted by Crippen LogP contribution is 2.33. The lowest BCUT2D eigenvalue weighted by atomic mass is 9.96. The van der Waals surface area contributed by atoms with Crippen LogP contribution in [0.25, 0.3) is 0 Å². The van der Waals surface area contributed by atoms with Crippen molar-refractivity contribution in [3.63, 3.8) is 0 Å². The second-order valence-electron chi connectivity index (χ2n) is 6.13. The molecule has 0 unspecified atom stereocenters. The van der Waals surface area contributed by atoms with Crippen molar-refractivity contribution in [3.05, 3.63) is 41.8 Å². The van der Waals surface area contributed by atoms with Crippen LogP contribution in [0.2, 0.25) is 0 Å². The Labute approximate surface area is 124 Å². The Balaban J connectivity index is 1.38. The number of hydrogen-bond donors (Lipinski definition) is 0. The first-order valence-corrected chi connectivity index (χ1v) is 7.84. The predicted molar refractivity (Wildman–Crippen MR) is 77.9 cm³/mol. The van der Waals surface area contributed by atoms with E-state index in [9.17, 15) is 0 Å². The summed E-state index contributed by atoms with van der Waals surface area (Å²) in [4.78, 5) is 11.3. The SMILES string of the molecule is c1cncc(Cc2noc(C3CCN(C4CC4)CC3)n2)c1. The van der Waals surface area contributed by atoms with Gasteiger partial charge >= 0.3 is 0 Å². The molecule has 110 valence electrons. The molecule has 5 heteroatoms. The summed E-state index contributed by atoms with van der Waals surface area (Å²) in [6.45, 7) is 2.35. The lowest BCUT2D eigenvalue weighted by Crippen LogP contribution is -2.34. The highest BCUT2D eigenvalue weighted by molar-refractivity contribution is 5.14. The Morgan fingerprint density at radius 1 is 1.19 bits per heavy atom. The van der Waals surface area contributed by atoms with Crippen molar-refractivity contribution in [3.8, 4) is 0 Å². The van der Waals surface area contributed by atoms with E-state index in [1.807, 2.05) is 18.3 Å². The van der Waals surface area contributed by atoms with Crippen LogP contribution in [-0.2, 0) is 6.42 Å². The minimum absolute atomic E-state index is 0.440. The number of hydrogen-bond acceptors (Lipinski definition) is 5. The van der Waals surface area contributed by atoms with E-state index in [0.717, 1.165) is 36.2 Å². The van der Waals surface area contributed by atoms with Crippen LogP contribution < -0.4 is 0 Å². The molecule has 0 spiro atoms. The van der Waals surface area contributed by atoms with Crippen molar-refractivity contribution in [2.24, 2.45) is 0 Å². The maximum absolute atomic E-state index is 5.49. The van der Waals surface area contributed by atoms with Gasteiger partial charge in [0.2, 0.25) is 5.89 Å². The van der Waals surface area contributed by atoms with Crippen LogP contribution in [0.4, 0.5) is 0 Å². The van der Waals surface area contributed by atoms with Gasteiger partial charge in [0.15, 0.2) is 5.82 Å². The summed E-state index contributed by atoms with van der Waals surface area (Å²) in [5.41, 5.74) is 1.12. The van der Waals surface area contributed by atoms with Crippen molar-refractivity contribution in [2.75, 3.05) is 13.1 Å². The Morgan fingerprint density at radius 3 is 2.76 bits per heavy atom. The number of aromatic nitrogens is 3. The van der Waals surface area contributed by atoms with Crippen molar-refractivity contribution in [1.29, 1.82) is 0 Å². The fraction of sp³-hybridized carbons (Fsp3) is 0.562. The second kappa shape index (κ2) is 5.56. The van der Waals surface area contributed by atoms with Crippen LogP contribution in [0.1, 0.15) is 48.9 Å². The molecule has 0 aromatic carbocycles. The van der Waals surface area contributed by atoms with Crippen molar-refractivity contribution in [2.45, 2.75) is 44.1 Å². The van der Waals surface area contributed by atoms with E-state index in [1.165, 1.54) is 25.9 Å². The number of pyridine rings is 1. The van der Waals surface area contributed by atoms with E-state index in [1.54, 1.807) is 6.20 Å². The molecule has 0 amide bonds. The number of piperidine rings is 1. The van der Waals surface area contributed by atoms with Crippen LogP contribution in [-0.4, -0.2) is 39.2 Å². The van der Waals surface area contributed by atoms with Crippen LogP contribution in [0.5, 0.6) is 0 Å². The van der Waals surface area contributed by atoms with E-state index in [-0.39, 0.29) is 0 Å². The molecule has 3 heterocycles. The van der Waals surface area contributed by atoms with E-state index in [4.69, 9.17) is 4.52 Å². The number of likely N-dealkylation sites (tertiary alicyclic amines) is 1. The monoisotopic (exact) mass is 284 g/mol. The Morgan fingerprint density at radius 2 is 2.05 bits per heavy atom. The van der Waals surface area contributed by atoms with Gasteiger partial charge in [-0.25, -0.2) is 0 Å². The first-order valence-electron chi connectivity index (χ1n) is 7.84. The third-order valence-corrected chi connectivity index (χ3v) is 4.51. The van der Waals surface area contributed by atoms with Gasteiger partial charge in [-0.15, -0.1) is 0 Å². The molecule has 1 saturated carbocycles. The smallest absolute Gasteiger partial charge is 0.229 e. The van der Waals surface area contributed by atoms with Gasteiger partial charge in [0, 0.05) is 30.8 Å². The zero-order chi connectivity index (χ0) is 14.1. The largest absolute Gasteiger partial charge is 0.339 e. The zero-order valence-corrected chi connectivity index (χ0v) is 12.1. The molecular weight excluding hydrogens is 264 g/mol. The average Bonchev–Trinajstić information content (AvgIpc) is 3.29. The lowest BCUT2D eigenvalue weighted by molar-refractivity contribution is 0.186. The first-order chi connectivity index (χ1) is 10.4. The lowest BCUT2D eigenvalue weighted by Gasteiger charge is -2.30. The molecule has 5 nitrogen and oxygen atoms in total. The van der Waals surface area contributed by atoms with Gasteiger partial charge in [-0.3, -0.25) is 4.98 Å². The quantitative estimate of drug-likeness (QED) is 0.863. The third-order valence-electron chi connectivity index (χ3n) is 4.51. The summed E-state index contributed by atoms with van der Waals surface area (Å²) in [5.74, 6) is 2.03. The van der Waals surface area contributed by atoms with E-state index in [0.29, 0.717) is 12.3 Å². The van der Waals surface area contributed by atoms with Gasteiger partial charge in [0.1, 0.15) is 0 Å². The molecule has 2 aromatic heterocycles. The molecule has 1 saturated heterocycles. The topological polar surface area (TPSA) is 55.1 Å².